The van der Waals surface area contributed by atoms with Gasteiger partial charge >= 0.3 is 0 Å². The van der Waals surface area contributed by atoms with Crippen molar-refractivity contribution in [3.8, 4) is 0 Å². The smallest absolute Gasteiger partial charge is 0.256 e. The highest BCUT2D eigenvalue weighted by molar-refractivity contribution is 5.99. The van der Waals surface area contributed by atoms with Gasteiger partial charge in [0.15, 0.2) is 0 Å². The largest absolute Gasteiger partial charge is 0.355 e. The summed E-state index contributed by atoms with van der Waals surface area (Å²) in [5, 5.41) is 5.52. The first-order valence-corrected chi connectivity index (χ1v) is 12.0. The summed E-state index contributed by atoms with van der Waals surface area (Å²) < 4.78 is 1.79. The second-order valence-corrected chi connectivity index (χ2v) is 9.78. The number of pyridine rings is 1. The van der Waals surface area contributed by atoms with Crippen LogP contribution in [0.1, 0.15) is 52.0 Å². The van der Waals surface area contributed by atoms with Crippen molar-refractivity contribution < 1.29 is 9.59 Å². The van der Waals surface area contributed by atoms with Gasteiger partial charge in [-0.3, -0.25) is 14.4 Å². The molecule has 3 atom stereocenters. The summed E-state index contributed by atoms with van der Waals surface area (Å²) in [6.45, 7) is 1.18. The highest BCUT2D eigenvalue weighted by atomic mass is 16.2. The van der Waals surface area contributed by atoms with Gasteiger partial charge in [-0.25, -0.2) is 0 Å². The summed E-state index contributed by atoms with van der Waals surface area (Å²) in [5.74, 6) is 0.777. The summed E-state index contributed by atoms with van der Waals surface area (Å²) in [7, 11) is 1.49. The molecule has 2 N–H and O–H groups in total. The van der Waals surface area contributed by atoms with Crippen LogP contribution >= 0.6 is 0 Å². The van der Waals surface area contributed by atoms with Crippen LogP contribution in [-0.4, -0.2) is 30.0 Å². The summed E-state index contributed by atoms with van der Waals surface area (Å²) in [4.78, 5) is 38.3. The van der Waals surface area contributed by atoms with Crippen LogP contribution in [0.4, 0.5) is 0 Å². The first-order chi connectivity index (χ1) is 16.0. The van der Waals surface area contributed by atoms with Crippen molar-refractivity contribution in [3.05, 3.63) is 81.8 Å². The van der Waals surface area contributed by atoms with Crippen molar-refractivity contribution in [2.24, 2.45) is 23.2 Å². The number of hydrogen-bond acceptors (Lipinski definition) is 3. The number of carbonyl (C=O) groups excluding carboxylic acids is 2. The van der Waals surface area contributed by atoms with Crippen LogP contribution in [0.5, 0.6) is 0 Å². The minimum Gasteiger partial charge on any atom is -0.355 e. The second-order valence-electron chi connectivity index (χ2n) is 9.78. The Morgan fingerprint density at radius 1 is 1.06 bits per heavy atom. The molecule has 0 aliphatic heterocycles. The molecule has 33 heavy (non-hydrogen) atoms. The van der Waals surface area contributed by atoms with E-state index < -0.39 is 11.3 Å². The standard InChI is InChI=1S/C27H31N3O3/c1-28-25(32)21-16-30(13-5-8-18-6-3-2-4-7-18)17-22(24(21)31)26(33)29-15-19-14-20-9-10-23(19)27(20)11-12-27/h2-4,6-7,9-10,16-17,19-20,23H,5,8,11-15H2,1H3,(H,28,32)(H,29,33)/t19-,20-,23-/m0/s1. The number of allylic oxidation sites excluding steroid dienone is 2. The number of aromatic nitrogens is 1. The van der Waals surface area contributed by atoms with E-state index in [1.54, 1.807) is 17.0 Å². The predicted molar refractivity (Wildman–Crippen MR) is 127 cm³/mol. The van der Waals surface area contributed by atoms with Crippen LogP contribution in [0, 0.1) is 23.2 Å². The average Bonchev–Trinajstić information content (AvgIpc) is 3.51. The molecular weight excluding hydrogens is 414 g/mol. The molecule has 1 aromatic heterocycles. The summed E-state index contributed by atoms with van der Waals surface area (Å²) in [5.41, 5.74) is 1.23. The van der Waals surface area contributed by atoms with Gasteiger partial charge in [0.1, 0.15) is 11.1 Å². The molecule has 0 unspecified atom stereocenters. The van der Waals surface area contributed by atoms with Crippen LogP contribution in [0.25, 0.3) is 0 Å². The molecule has 2 bridgehead atoms. The van der Waals surface area contributed by atoms with Gasteiger partial charge in [0.25, 0.3) is 11.8 Å². The molecular formula is C27H31N3O3. The molecule has 2 aromatic rings. The quantitative estimate of drug-likeness (QED) is 0.613. The van der Waals surface area contributed by atoms with Crippen LogP contribution in [-0.2, 0) is 13.0 Å². The van der Waals surface area contributed by atoms with Gasteiger partial charge in [-0.1, -0.05) is 42.5 Å². The maximum absolute atomic E-state index is 13.0. The number of nitrogens with zero attached hydrogens (tertiary/aromatic N) is 1. The maximum Gasteiger partial charge on any atom is 0.256 e. The minimum absolute atomic E-state index is 0.00431. The lowest BCUT2D eigenvalue weighted by Crippen LogP contribution is -2.37. The number of nitrogens with one attached hydrogen (secondary N) is 2. The lowest BCUT2D eigenvalue weighted by molar-refractivity contribution is 0.0942. The SMILES string of the molecule is CNC(=O)c1cn(CCCc2ccccc2)cc(C(=O)NC[C@@H]2C[C@@H]3C=C[C@@H]2C32CC2)c1=O. The van der Waals surface area contributed by atoms with E-state index in [0.717, 1.165) is 19.3 Å². The molecule has 1 heterocycles. The second kappa shape index (κ2) is 8.65. The van der Waals surface area contributed by atoms with E-state index >= 15 is 0 Å². The maximum atomic E-state index is 13.0. The highest BCUT2D eigenvalue weighted by Crippen LogP contribution is 2.69. The minimum atomic E-state index is -0.516. The number of benzene rings is 1. The third-order valence-corrected chi connectivity index (χ3v) is 7.89. The average molecular weight is 446 g/mol. The predicted octanol–water partition coefficient (Wildman–Crippen LogP) is 3.17. The van der Waals surface area contributed by atoms with Crippen molar-refractivity contribution in [1.82, 2.24) is 15.2 Å². The molecule has 3 aliphatic rings. The van der Waals surface area contributed by atoms with Crippen molar-refractivity contribution >= 4 is 11.8 Å². The van der Waals surface area contributed by atoms with Gasteiger partial charge < -0.3 is 15.2 Å². The number of carbonyl (C=O) groups is 2. The molecule has 0 saturated heterocycles. The first-order valence-electron chi connectivity index (χ1n) is 12.0. The molecule has 1 aromatic carbocycles. The third-order valence-electron chi connectivity index (χ3n) is 7.89. The molecule has 1 spiro atoms. The first kappa shape index (κ1) is 21.7. The molecule has 2 fully saturated rings. The molecule has 6 nitrogen and oxygen atoms in total. The monoisotopic (exact) mass is 445 g/mol. The summed E-state index contributed by atoms with van der Waals surface area (Å²) in [6, 6.07) is 10.2. The van der Waals surface area contributed by atoms with E-state index in [1.165, 1.54) is 25.5 Å². The molecule has 6 heteroatoms. The van der Waals surface area contributed by atoms with Crippen LogP contribution in [0.2, 0.25) is 0 Å². The molecule has 2 saturated carbocycles. The zero-order valence-corrected chi connectivity index (χ0v) is 19.0. The van der Waals surface area contributed by atoms with E-state index in [1.807, 2.05) is 18.2 Å². The molecule has 2 amide bonds. The third kappa shape index (κ3) is 4.03. The fourth-order valence-electron chi connectivity index (χ4n) is 6.00. The van der Waals surface area contributed by atoms with Gasteiger partial charge in [-0.15, -0.1) is 0 Å². The van der Waals surface area contributed by atoms with Gasteiger partial charge in [0.2, 0.25) is 5.43 Å². The summed E-state index contributed by atoms with van der Waals surface area (Å²) in [6.07, 6.45) is 13.3. The van der Waals surface area contributed by atoms with Crippen LogP contribution in [0.3, 0.4) is 0 Å². The Morgan fingerprint density at radius 2 is 1.79 bits per heavy atom. The fraction of sp³-hybridized carbons (Fsp3) is 0.444. The zero-order chi connectivity index (χ0) is 23.0. The van der Waals surface area contributed by atoms with Crippen molar-refractivity contribution in [2.75, 3.05) is 13.6 Å². The van der Waals surface area contributed by atoms with Crippen LogP contribution in [0.15, 0.2) is 59.7 Å². The fourth-order valence-corrected chi connectivity index (χ4v) is 6.00. The number of amides is 2. The highest BCUT2D eigenvalue weighted by Gasteiger charge is 2.62. The van der Waals surface area contributed by atoms with E-state index in [9.17, 15) is 14.4 Å². The normalized spacial score (nSPS) is 23.6. The van der Waals surface area contributed by atoms with E-state index in [-0.39, 0.29) is 17.0 Å². The van der Waals surface area contributed by atoms with Crippen molar-refractivity contribution in [2.45, 2.75) is 38.6 Å². The molecule has 0 radical (unpaired) electrons. The Morgan fingerprint density at radius 3 is 2.45 bits per heavy atom. The van der Waals surface area contributed by atoms with E-state index in [0.29, 0.717) is 36.3 Å². The molecule has 172 valence electrons. The Kier molecular flexibility index (Phi) is 5.69. The summed E-state index contributed by atoms with van der Waals surface area (Å²) >= 11 is 0. The topological polar surface area (TPSA) is 80.2 Å². The van der Waals surface area contributed by atoms with Gasteiger partial charge in [0, 0.05) is 32.5 Å². The van der Waals surface area contributed by atoms with E-state index in [2.05, 4.69) is 34.9 Å². The Bertz CT molecular complexity index is 1150. The zero-order valence-electron chi connectivity index (χ0n) is 19.0. The van der Waals surface area contributed by atoms with Crippen molar-refractivity contribution in [3.63, 3.8) is 0 Å². The molecule has 5 rings (SSSR count). The lowest BCUT2D eigenvalue weighted by atomic mass is 9.89. The van der Waals surface area contributed by atoms with Gasteiger partial charge in [0.05, 0.1) is 0 Å². The Balaban J connectivity index is 1.29. The van der Waals surface area contributed by atoms with Crippen LogP contribution < -0.4 is 16.1 Å². The Hall–Kier alpha value is -3.15. The van der Waals surface area contributed by atoms with Crippen molar-refractivity contribution in [1.29, 1.82) is 0 Å². The van der Waals surface area contributed by atoms with Gasteiger partial charge in [-0.05, 0) is 60.8 Å². The van der Waals surface area contributed by atoms with E-state index in [4.69, 9.17) is 0 Å². The van der Waals surface area contributed by atoms with Gasteiger partial charge in [-0.2, -0.15) is 0 Å². The number of hydrogen-bond donors (Lipinski definition) is 2. The number of rotatable bonds is 8. The number of aryl methyl sites for hydroxylation is 2. The molecule has 3 aliphatic carbocycles. The Labute approximate surface area is 194 Å². The lowest BCUT2D eigenvalue weighted by Gasteiger charge is -2.20.